The van der Waals surface area contributed by atoms with E-state index >= 15 is 0 Å². The van der Waals surface area contributed by atoms with Crippen molar-refractivity contribution in [1.29, 1.82) is 0 Å². The fourth-order valence-corrected chi connectivity index (χ4v) is 3.99. The van der Waals surface area contributed by atoms with Crippen LogP contribution in [-0.2, 0) is 4.79 Å². The van der Waals surface area contributed by atoms with Crippen molar-refractivity contribution in [3.8, 4) is 34.4 Å². The van der Waals surface area contributed by atoms with Crippen molar-refractivity contribution in [1.82, 2.24) is 15.2 Å². The van der Waals surface area contributed by atoms with Gasteiger partial charge in [0.15, 0.2) is 28.7 Å². The third-order valence-electron chi connectivity index (χ3n) is 4.73. The molecule has 1 aliphatic heterocycles. The van der Waals surface area contributed by atoms with Gasteiger partial charge in [0.05, 0.1) is 17.8 Å². The molecule has 162 valence electrons. The zero-order chi connectivity index (χ0) is 21.9. The molecule has 0 fully saturated rings. The maximum atomic E-state index is 12.9. The Bertz CT molecular complexity index is 1230. The van der Waals surface area contributed by atoms with E-state index in [1.165, 1.54) is 11.8 Å². The minimum atomic E-state index is -0.430. The Morgan fingerprint density at radius 3 is 2.50 bits per heavy atom. The third-order valence-corrected chi connectivity index (χ3v) is 5.94. The number of ether oxygens (including phenoxy) is 2. The first-order chi connectivity index (χ1) is 15.7. The Morgan fingerprint density at radius 2 is 1.78 bits per heavy atom. The van der Waals surface area contributed by atoms with Gasteiger partial charge >= 0.3 is 0 Å². The van der Waals surface area contributed by atoms with Crippen LogP contribution < -0.4 is 14.8 Å². The SMILES string of the molecule is CCC(Sc1nnc(-c2ccco2)c(-c2ccco2)n1)C(=O)Nc1ccc2c(c1)OCO2. The van der Waals surface area contributed by atoms with E-state index in [1.54, 1.807) is 55.0 Å². The highest BCUT2D eigenvalue weighted by atomic mass is 32.2. The van der Waals surface area contributed by atoms with E-state index in [0.29, 0.717) is 51.7 Å². The molecule has 1 aromatic carbocycles. The molecule has 10 heteroatoms. The predicted molar refractivity (Wildman–Crippen MR) is 116 cm³/mol. The summed E-state index contributed by atoms with van der Waals surface area (Å²) in [5.41, 5.74) is 1.59. The van der Waals surface area contributed by atoms with Crippen LogP contribution in [0, 0.1) is 0 Å². The standard InChI is InChI=1S/C22H18N4O5S/c1-2-18(21(27)23-13-7-8-14-17(11-13)31-12-30-14)32-22-24-19(15-5-3-9-28-15)20(25-26-22)16-6-4-10-29-16/h3-11,18H,2,12H2,1H3,(H,23,27). The number of furan rings is 2. The number of carbonyl (C=O) groups is 1. The van der Waals surface area contributed by atoms with Gasteiger partial charge in [-0.1, -0.05) is 18.7 Å². The molecule has 0 spiro atoms. The van der Waals surface area contributed by atoms with Gasteiger partial charge in [-0.3, -0.25) is 4.79 Å². The van der Waals surface area contributed by atoms with Gasteiger partial charge < -0.3 is 23.6 Å². The van der Waals surface area contributed by atoms with Crippen LogP contribution in [0.5, 0.6) is 11.5 Å². The Kier molecular flexibility index (Phi) is 5.51. The molecular weight excluding hydrogens is 432 g/mol. The van der Waals surface area contributed by atoms with Crippen molar-refractivity contribution in [2.24, 2.45) is 0 Å². The Labute approximate surface area is 187 Å². The summed E-state index contributed by atoms with van der Waals surface area (Å²) in [7, 11) is 0. The summed E-state index contributed by atoms with van der Waals surface area (Å²) in [4.78, 5) is 17.5. The van der Waals surface area contributed by atoms with E-state index in [9.17, 15) is 4.79 Å². The molecule has 1 unspecified atom stereocenters. The van der Waals surface area contributed by atoms with Gasteiger partial charge in [-0.25, -0.2) is 4.98 Å². The second-order valence-electron chi connectivity index (χ2n) is 6.82. The first-order valence-corrected chi connectivity index (χ1v) is 10.8. The molecule has 1 aliphatic rings. The minimum Gasteiger partial charge on any atom is -0.463 e. The maximum absolute atomic E-state index is 12.9. The number of hydrogen-bond acceptors (Lipinski definition) is 9. The number of aromatic nitrogens is 3. The number of carbonyl (C=O) groups excluding carboxylic acids is 1. The second-order valence-corrected chi connectivity index (χ2v) is 7.99. The van der Waals surface area contributed by atoms with Gasteiger partial charge in [0.1, 0.15) is 5.69 Å². The van der Waals surface area contributed by atoms with E-state index in [-0.39, 0.29) is 12.7 Å². The lowest BCUT2D eigenvalue weighted by molar-refractivity contribution is -0.115. The van der Waals surface area contributed by atoms with E-state index in [2.05, 4.69) is 20.5 Å². The molecule has 0 aliphatic carbocycles. The van der Waals surface area contributed by atoms with Crippen LogP contribution in [0.2, 0.25) is 0 Å². The molecule has 4 aromatic rings. The Balaban J connectivity index is 1.37. The quantitative estimate of drug-likeness (QED) is 0.403. The molecule has 0 saturated heterocycles. The fraction of sp³-hybridized carbons (Fsp3) is 0.182. The van der Waals surface area contributed by atoms with Crippen LogP contribution in [0.3, 0.4) is 0 Å². The number of benzene rings is 1. The molecule has 4 heterocycles. The molecule has 3 aromatic heterocycles. The largest absolute Gasteiger partial charge is 0.463 e. The molecular formula is C22H18N4O5S. The lowest BCUT2D eigenvalue weighted by Crippen LogP contribution is -2.25. The van der Waals surface area contributed by atoms with E-state index in [0.717, 1.165) is 0 Å². The molecule has 0 radical (unpaired) electrons. The first-order valence-electron chi connectivity index (χ1n) is 9.91. The maximum Gasteiger partial charge on any atom is 0.237 e. The van der Waals surface area contributed by atoms with Crippen LogP contribution in [-0.4, -0.2) is 33.1 Å². The number of thioether (sulfide) groups is 1. The zero-order valence-electron chi connectivity index (χ0n) is 17.0. The molecule has 1 atom stereocenters. The van der Waals surface area contributed by atoms with Gasteiger partial charge in [-0.15, -0.1) is 10.2 Å². The average molecular weight is 450 g/mol. The normalized spacial score (nSPS) is 13.2. The van der Waals surface area contributed by atoms with Gasteiger partial charge in [-0.2, -0.15) is 0 Å². The van der Waals surface area contributed by atoms with Gasteiger partial charge in [0, 0.05) is 11.8 Å². The van der Waals surface area contributed by atoms with Crippen molar-refractivity contribution in [3.05, 3.63) is 55.0 Å². The monoisotopic (exact) mass is 450 g/mol. The van der Waals surface area contributed by atoms with E-state index in [4.69, 9.17) is 18.3 Å². The number of hydrogen-bond donors (Lipinski definition) is 1. The smallest absolute Gasteiger partial charge is 0.237 e. The Hall–Kier alpha value is -3.79. The number of nitrogens with zero attached hydrogens (tertiary/aromatic N) is 3. The number of amides is 1. The molecule has 0 saturated carbocycles. The summed E-state index contributed by atoms with van der Waals surface area (Å²) in [6, 6.07) is 12.4. The highest BCUT2D eigenvalue weighted by molar-refractivity contribution is 8.00. The third kappa shape index (κ3) is 4.04. The summed E-state index contributed by atoms with van der Waals surface area (Å²) >= 11 is 1.23. The highest BCUT2D eigenvalue weighted by Crippen LogP contribution is 2.35. The van der Waals surface area contributed by atoms with Crippen molar-refractivity contribution in [3.63, 3.8) is 0 Å². The molecule has 32 heavy (non-hydrogen) atoms. The average Bonchev–Trinajstić information content (AvgIpc) is 3.59. The zero-order valence-corrected chi connectivity index (χ0v) is 17.8. The summed E-state index contributed by atoms with van der Waals surface area (Å²) in [6.07, 6.45) is 3.68. The Morgan fingerprint density at radius 1 is 1.03 bits per heavy atom. The van der Waals surface area contributed by atoms with E-state index < -0.39 is 5.25 Å². The number of nitrogens with one attached hydrogen (secondary N) is 1. The summed E-state index contributed by atoms with van der Waals surface area (Å²) < 4.78 is 21.7. The van der Waals surface area contributed by atoms with Crippen molar-refractivity contribution in [2.75, 3.05) is 12.1 Å². The van der Waals surface area contributed by atoms with E-state index in [1.807, 2.05) is 6.92 Å². The molecule has 1 amide bonds. The van der Waals surface area contributed by atoms with Crippen LogP contribution >= 0.6 is 11.8 Å². The number of rotatable bonds is 7. The topological polar surface area (TPSA) is 113 Å². The highest BCUT2D eigenvalue weighted by Gasteiger charge is 2.24. The van der Waals surface area contributed by atoms with Gasteiger partial charge in [0.25, 0.3) is 0 Å². The van der Waals surface area contributed by atoms with Gasteiger partial charge in [-0.05, 0) is 42.8 Å². The molecule has 5 rings (SSSR count). The summed E-state index contributed by atoms with van der Waals surface area (Å²) in [5.74, 6) is 2.15. The molecule has 0 bridgehead atoms. The van der Waals surface area contributed by atoms with Crippen LogP contribution in [0.25, 0.3) is 22.9 Å². The van der Waals surface area contributed by atoms with Crippen molar-refractivity contribution in [2.45, 2.75) is 23.8 Å². The minimum absolute atomic E-state index is 0.172. The lowest BCUT2D eigenvalue weighted by Gasteiger charge is -2.14. The van der Waals surface area contributed by atoms with Crippen LogP contribution in [0.15, 0.2) is 69.0 Å². The molecule has 9 nitrogen and oxygen atoms in total. The van der Waals surface area contributed by atoms with Crippen LogP contribution in [0.4, 0.5) is 5.69 Å². The predicted octanol–water partition coefficient (Wildman–Crippen LogP) is 4.63. The fourth-order valence-electron chi connectivity index (χ4n) is 3.17. The molecule has 1 N–H and O–H groups in total. The second kappa shape index (κ2) is 8.75. The first kappa shape index (κ1) is 20.1. The van der Waals surface area contributed by atoms with Crippen LogP contribution in [0.1, 0.15) is 13.3 Å². The summed E-state index contributed by atoms with van der Waals surface area (Å²) in [6.45, 7) is 2.10. The summed E-state index contributed by atoms with van der Waals surface area (Å²) in [5, 5.41) is 11.4. The van der Waals surface area contributed by atoms with Crippen molar-refractivity contribution >= 4 is 23.4 Å². The number of fused-ring (bicyclic) bond motifs is 1. The van der Waals surface area contributed by atoms with Gasteiger partial charge in [0.2, 0.25) is 17.9 Å². The lowest BCUT2D eigenvalue weighted by atomic mass is 10.2. The van der Waals surface area contributed by atoms with Crippen molar-refractivity contribution < 1.29 is 23.1 Å². The number of anilines is 1.